The summed E-state index contributed by atoms with van der Waals surface area (Å²) in [6, 6.07) is 19.1. The van der Waals surface area contributed by atoms with Crippen molar-refractivity contribution < 1.29 is 18.7 Å². The lowest BCUT2D eigenvalue weighted by Gasteiger charge is -2.24. The third-order valence-corrected chi connectivity index (χ3v) is 10.7. The number of alkyl halides is 2. The van der Waals surface area contributed by atoms with Crippen molar-refractivity contribution in [2.75, 3.05) is 34.5 Å². The first kappa shape index (κ1) is 40.3. The van der Waals surface area contributed by atoms with Crippen LogP contribution in [0.15, 0.2) is 85.5 Å². The molecule has 18 nitrogen and oxygen atoms in total. The van der Waals surface area contributed by atoms with E-state index in [1.54, 1.807) is 24.5 Å². The van der Waals surface area contributed by atoms with Gasteiger partial charge < -0.3 is 35.5 Å². The summed E-state index contributed by atoms with van der Waals surface area (Å²) >= 11 is 0. The van der Waals surface area contributed by atoms with E-state index in [0.717, 1.165) is 44.8 Å². The minimum atomic E-state index is -0.761. The summed E-state index contributed by atoms with van der Waals surface area (Å²) < 4.78 is 26.4. The van der Waals surface area contributed by atoms with Crippen molar-refractivity contribution in [2.45, 2.75) is 63.0 Å². The van der Waals surface area contributed by atoms with E-state index < -0.39 is 12.3 Å². The molecule has 10 rings (SSSR count). The molecule has 0 spiro atoms. The minimum Gasteiger partial charge on any atom is -0.483 e. The number of hydrogen-bond donors (Lipinski definition) is 7. The standard InChI is InChI=1S/2C20H21FN8.CH2O2/c2*1-11(14-3-4-15-16(24-14)5-7-22-15)29(2)20-23-8-6-18(26-20)25-19-10-17(27-28-19)12-9-13(12)21;2-1-3/h2*3-8,10-13,22H,9H2,1-2H3,(H2,23,25,26,27,28);1H,(H,2,3)/t11-,12+,13-;11-,12-,13+;/m01./s1. The quantitative estimate of drug-likeness (QED) is 0.0595. The second-order valence-corrected chi connectivity index (χ2v) is 14.8. The minimum absolute atomic E-state index is 0.0158. The van der Waals surface area contributed by atoms with E-state index in [1.165, 1.54) is 0 Å². The van der Waals surface area contributed by atoms with Crippen molar-refractivity contribution in [1.82, 2.24) is 60.3 Å². The molecule has 8 heterocycles. The Kier molecular flexibility index (Phi) is 11.5. The number of anilines is 6. The van der Waals surface area contributed by atoms with E-state index in [-0.39, 0.29) is 30.4 Å². The number of fused-ring (bicyclic) bond motifs is 2. The van der Waals surface area contributed by atoms with Crippen molar-refractivity contribution in [3.63, 3.8) is 0 Å². The molecule has 0 aliphatic heterocycles. The number of carboxylic acid groups (broad SMARTS) is 1. The Balaban J connectivity index is 0.000000158. The Morgan fingerprint density at radius 3 is 1.48 bits per heavy atom. The van der Waals surface area contributed by atoms with Crippen molar-refractivity contribution in [3.05, 3.63) is 108 Å². The molecule has 0 radical (unpaired) electrons. The third-order valence-electron chi connectivity index (χ3n) is 10.7. The lowest BCUT2D eigenvalue weighted by atomic mass is 10.2. The maximum absolute atomic E-state index is 13.2. The van der Waals surface area contributed by atoms with Crippen LogP contribution in [0.4, 0.5) is 43.9 Å². The maximum atomic E-state index is 13.2. The molecule has 0 saturated heterocycles. The Hall–Kier alpha value is -7.51. The molecule has 8 aromatic heterocycles. The zero-order chi connectivity index (χ0) is 42.6. The molecule has 8 aromatic rings. The number of H-pyrrole nitrogens is 4. The van der Waals surface area contributed by atoms with Crippen LogP contribution >= 0.6 is 0 Å². The first-order chi connectivity index (χ1) is 29.6. The highest BCUT2D eigenvalue weighted by molar-refractivity contribution is 5.75. The van der Waals surface area contributed by atoms with Gasteiger partial charge in [0.2, 0.25) is 11.9 Å². The molecular weight excluding hydrogens is 787 g/mol. The SMILES string of the molecule is C[C@@H](c1ccc2[nH]ccc2n1)N(C)c1nccc(Nc2cc([C@@H]3C[C@@H]3F)[nH]n2)n1.C[C@H](c1ccc2[nH]ccc2n1)N(C)c1nccc(Nc2cc([C@@H]3C[C@@H]3F)[nH]n2)n1.O=CO. The topological polar surface area (TPSA) is 234 Å². The van der Waals surface area contributed by atoms with E-state index in [9.17, 15) is 8.78 Å². The van der Waals surface area contributed by atoms with Gasteiger partial charge in [-0.1, -0.05) is 0 Å². The lowest BCUT2D eigenvalue weighted by molar-refractivity contribution is -0.122. The molecule has 2 aliphatic rings. The third kappa shape index (κ3) is 9.22. The molecule has 0 unspecified atom stereocenters. The van der Waals surface area contributed by atoms with Gasteiger partial charge in [-0.3, -0.25) is 15.0 Å². The van der Waals surface area contributed by atoms with Crippen LogP contribution in [-0.2, 0) is 4.79 Å². The number of halogens is 2. The summed E-state index contributed by atoms with van der Waals surface area (Å²) in [5.74, 6) is 3.48. The van der Waals surface area contributed by atoms with Crippen LogP contribution in [0.3, 0.4) is 0 Å². The second-order valence-electron chi connectivity index (χ2n) is 14.8. The van der Waals surface area contributed by atoms with Gasteiger partial charge in [0.05, 0.1) is 45.5 Å². The maximum Gasteiger partial charge on any atom is 0.290 e. The van der Waals surface area contributed by atoms with Gasteiger partial charge in [-0.05, 0) is 75.2 Å². The molecule has 0 aromatic carbocycles. The largest absolute Gasteiger partial charge is 0.483 e. The molecule has 6 atom stereocenters. The predicted octanol–water partition coefficient (Wildman–Crippen LogP) is 7.39. The first-order valence-corrected chi connectivity index (χ1v) is 19.6. The van der Waals surface area contributed by atoms with Gasteiger partial charge in [0.15, 0.2) is 11.6 Å². The van der Waals surface area contributed by atoms with Crippen molar-refractivity contribution in [3.8, 4) is 0 Å². The van der Waals surface area contributed by atoms with Gasteiger partial charge in [-0.15, -0.1) is 0 Å². The molecule has 2 saturated carbocycles. The van der Waals surface area contributed by atoms with Crippen LogP contribution in [0.25, 0.3) is 22.1 Å². The highest BCUT2D eigenvalue weighted by Crippen LogP contribution is 2.44. The summed E-state index contributed by atoms with van der Waals surface area (Å²) in [7, 11) is 3.88. The van der Waals surface area contributed by atoms with E-state index in [4.69, 9.17) is 19.9 Å². The number of pyridine rings is 2. The predicted molar refractivity (Wildman–Crippen MR) is 227 cm³/mol. The molecule has 2 fully saturated rings. The van der Waals surface area contributed by atoms with Gasteiger partial charge in [0, 0.05) is 74.2 Å². The number of nitrogens with zero attached hydrogens (tertiary/aromatic N) is 10. The number of hydrogen-bond acceptors (Lipinski definition) is 13. The van der Waals surface area contributed by atoms with Gasteiger partial charge in [0.25, 0.3) is 6.47 Å². The number of carbonyl (C=O) groups is 1. The van der Waals surface area contributed by atoms with Crippen LogP contribution in [0.5, 0.6) is 0 Å². The summed E-state index contributed by atoms with van der Waals surface area (Å²) in [5.41, 5.74) is 7.37. The molecule has 7 N–H and O–H groups in total. The molecule has 20 heteroatoms. The Labute approximate surface area is 347 Å². The highest BCUT2D eigenvalue weighted by Gasteiger charge is 2.41. The fraction of sp³-hybridized carbons (Fsp3) is 0.293. The molecule has 314 valence electrons. The fourth-order valence-corrected chi connectivity index (χ4v) is 6.70. The van der Waals surface area contributed by atoms with Crippen LogP contribution in [0, 0.1) is 0 Å². The van der Waals surface area contributed by atoms with Crippen molar-refractivity contribution in [1.29, 1.82) is 0 Å². The van der Waals surface area contributed by atoms with Gasteiger partial charge in [-0.2, -0.15) is 20.2 Å². The zero-order valence-electron chi connectivity index (χ0n) is 33.6. The molecule has 0 bridgehead atoms. The number of nitrogens with one attached hydrogen (secondary N) is 6. The smallest absolute Gasteiger partial charge is 0.290 e. The van der Waals surface area contributed by atoms with Gasteiger partial charge in [0.1, 0.15) is 24.0 Å². The Morgan fingerprint density at radius 1 is 0.672 bits per heavy atom. The van der Waals surface area contributed by atoms with E-state index in [1.807, 2.05) is 84.8 Å². The monoisotopic (exact) mass is 830 g/mol. The van der Waals surface area contributed by atoms with Crippen LogP contribution < -0.4 is 20.4 Å². The molecule has 0 amide bonds. The fourth-order valence-electron chi connectivity index (χ4n) is 6.70. The lowest BCUT2D eigenvalue weighted by Crippen LogP contribution is -2.24. The summed E-state index contributed by atoms with van der Waals surface area (Å²) in [4.78, 5) is 46.0. The second kappa shape index (κ2) is 17.4. The van der Waals surface area contributed by atoms with Crippen LogP contribution in [-0.4, -0.2) is 98.3 Å². The van der Waals surface area contributed by atoms with Gasteiger partial charge >= 0.3 is 0 Å². The summed E-state index contributed by atoms with van der Waals surface area (Å²) in [6.45, 7) is 3.88. The summed E-state index contributed by atoms with van der Waals surface area (Å²) in [6.07, 6.45) is 6.75. The summed E-state index contributed by atoms with van der Waals surface area (Å²) in [5, 5.41) is 27.4. The normalized spacial score (nSPS) is 18.5. The zero-order valence-corrected chi connectivity index (χ0v) is 33.6. The van der Waals surface area contributed by atoms with Crippen molar-refractivity contribution >= 4 is 63.7 Å². The Bertz CT molecular complexity index is 2550. The van der Waals surface area contributed by atoms with Gasteiger partial charge in [-0.25, -0.2) is 28.7 Å². The van der Waals surface area contributed by atoms with E-state index in [2.05, 4.69) is 74.8 Å². The average molecular weight is 831 g/mol. The van der Waals surface area contributed by atoms with Crippen LogP contribution in [0.1, 0.15) is 73.4 Å². The van der Waals surface area contributed by atoms with Crippen molar-refractivity contribution in [2.24, 2.45) is 0 Å². The van der Waals surface area contributed by atoms with E-state index in [0.29, 0.717) is 48.0 Å². The Morgan fingerprint density at radius 2 is 1.08 bits per heavy atom. The van der Waals surface area contributed by atoms with Crippen LogP contribution in [0.2, 0.25) is 0 Å². The van der Waals surface area contributed by atoms with E-state index >= 15 is 0 Å². The molecule has 61 heavy (non-hydrogen) atoms. The molecule has 2 aliphatic carbocycles. The number of aromatic amines is 4. The number of rotatable bonds is 12. The number of aromatic nitrogens is 12. The first-order valence-electron chi connectivity index (χ1n) is 19.6. The molecular formula is C41H44F2N16O2. The highest BCUT2D eigenvalue weighted by atomic mass is 19.1. The average Bonchev–Trinajstić information content (AvgIpc) is 3.75.